The van der Waals surface area contributed by atoms with E-state index in [1.165, 1.54) is 0 Å². The lowest BCUT2D eigenvalue weighted by Gasteiger charge is -2.46. The summed E-state index contributed by atoms with van der Waals surface area (Å²) in [6, 6.07) is -0.427. The molecule has 0 unspecified atom stereocenters. The topological polar surface area (TPSA) is 105 Å². The highest BCUT2D eigenvalue weighted by Crippen LogP contribution is 2.74. The van der Waals surface area contributed by atoms with Gasteiger partial charge in [-0.05, 0) is 12.1 Å². The number of aromatic nitrogens is 1. The molecule has 78 heteroatoms. The average Bonchev–Trinajstić information content (AvgIpc) is 0.806. The first-order chi connectivity index (χ1) is 50.4. The second-order valence-electron chi connectivity index (χ2n) is 22.1. The Kier molecular flexibility index (Phi) is 25.6. The highest BCUT2D eigenvalue weighted by atomic mass is 35.5. The smallest absolute Gasteiger partial charge is 0.261 e. The van der Waals surface area contributed by atoms with Crippen LogP contribution in [0.1, 0.15) is 0 Å². The van der Waals surface area contributed by atoms with Gasteiger partial charge in [0.2, 0.25) is 0 Å². The molecule has 2 rings (SSSR count). The van der Waals surface area contributed by atoms with E-state index in [2.05, 4.69) is 0 Å². The van der Waals surface area contributed by atoms with Gasteiger partial charge in [0.25, 0.3) is 0 Å². The molecule has 2 aromatic rings. The Bertz CT molecular complexity index is 4340. The quantitative estimate of drug-likeness (QED) is 0.0669. The summed E-state index contributed by atoms with van der Waals surface area (Å²) in [4.78, 5) is -0.830. The molecule has 2 N–H and O–H groups in total. The van der Waals surface area contributed by atoms with E-state index in [1.807, 2.05) is 0 Å². The van der Waals surface area contributed by atoms with Crippen LogP contribution in [0.3, 0.4) is 0 Å². The molecular formula is C41H5Cl2F66N3O4S3. The number of hydrogen-bond donors (Lipinski definition) is 2. The molecule has 119 heavy (non-hydrogen) atoms. The number of sulfonamides is 2. The number of benzene rings is 1. The summed E-state index contributed by atoms with van der Waals surface area (Å²) in [5.74, 6) is -294. The van der Waals surface area contributed by atoms with E-state index < -0.39 is 261 Å². The van der Waals surface area contributed by atoms with E-state index in [1.54, 1.807) is 4.98 Å². The largest absolute Gasteiger partial charge is 0.460 e. The fraction of sp³-hybridized carbons (Fsp3) is 0.780. The number of thiazole rings is 1. The lowest BCUT2D eigenvalue weighted by atomic mass is 9.83. The summed E-state index contributed by atoms with van der Waals surface area (Å²) in [5.41, 5.74) is -1.96. The molecule has 0 amide bonds. The molecule has 0 radical (unpaired) electrons. The number of nitrogens with zero attached hydrogens (tertiary/aromatic N) is 1. The maximum Gasteiger partial charge on any atom is 0.460 e. The zero-order valence-corrected chi connectivity index (χ0v) is 54.7. The van der Waals surface area contributed by atoms with E-state index in [4.69, 9.17) is 23.2 Å². The summed E-state index contributed by atoms with van der Waals surface area (Å²) in [5, 5.41) is -25.0. The Balaban J connectivity index is 3.01. The molecule has 0 aliphatic carbocycles. The van der Waals surface area contributed by atoms with Crippen molar-refractivity contribution >= 4 is 65.5 Å². The van der Waals surface area contributed by atoms with Gasteiger partial charge in [0.05, 0.1) is 9.90 Å². The standard InChI is InChI=1S/C41H5Cl2F66N3O4S3/c42-4-1-2-5(6(43)3-4)7-8(111-118(113,114)40(106,107)36(96,97)32(88,89)28(80,81)24(72,73)20(64,65)16(56,57)12(48,49)10(44,45)14(52,53)18(60,61)22(68,69)26(76,77)30(84,85)34(92,93)38(100,101)102)110-9(117-7)112-119(115,116)41(108,109)37(98,99)33(90,91)29(82,83)25(74,75)21(66,67)17(58,59)13(50,51)11(46,47)15(54,55)19(62,63)23(70,71)27(78,79)31(86,87)35(94,95)39(103,104)105/h1-3,111H,(H,110,112). The number of halogens is 68. The summed E-state index contributed by atoms with van der Waals surface area (Å²) in [7, 11) is -18.9. The Labute approximate surface area is 613 Å². The van der Waals surface area contributed by atoms with Gasteiger partial charge in [-0.15, -0.1) is 0 Å². The summed E-state index contributed by atoms with van der Waals surface area (Å²) < 4.78 is 982. The third kappa shape index (κ3) is 13.2. The van der Waals surface area contributed by atoms with Gasteiger partial charge in [-0.3, -0.25) is 9.44 Å². The summed E-state index contributed by atoms with van der Waals surface area (Å²) in [6.45, 7) is 0. The molecule has 0 aliphatic heterocycles. The van der Waals surface area contributed by atoms with Crippen LogP contribution in [-0.4, -0.2) is 211 Å². The van der Waals surface area contributed by atoms with E-state index in [9.17, 15) is 280 Å². The molecule has 0 spiro atoms. The van der Waals surface area contributed by atoms with Crippen molar-refractivity contribution in [3.05, 3.63) is 28.2 Å². The van der Waals surface area contributed by atoms with Crippen LogP contribution >= 0.6 is 34.5 Å². The highest BCUT2D eigenvalue weighted by Gasteiger charge is 3.05. The van der Waals surface area contributed by atoms with Gasteiger partial charge < -0.3 is 0 Å². The predicted octanol–water partition coefficient (Wildman–Crippen LogP) is 23.7. The second-order valence-corrected chi connectivity index (χ2v) is 27.4. The van der Waals surface area contributed by atoms with Crippen LogP contribution in [0.25, 0.3) is 10.4 Å². The van der Waals surface area contributed by atoms with Gasteiger partial charge in [-0.25, -0.2) is 4.98 Å². The molecule has 0 atom stereocenters. The van der Waals surface area contributed by atoms with E-state index in [-0.39, 0.29) is 18.2 Å². The normalized spacial score (nSPS) is 16.9. The monoisotopic (exact) mass is 2020 g/mol. The molecule has 0 saturated carbocycles. The Morgan fingerprint density at radius 2 is 0.395 bits per heavy atom. The van der Waals surface area contributed by atoms with Crippen LogP contribution in [0.4, 0.5) is 301 Å². The van der Waals surface area contributed by atoms with Crippen molar-refractivity contribution in [2.24, 2.45) is 0 Å². The van der Waals surface area contributed by atoms with Crippen molar-refractivity contribution in [3.63, 3.8) is 0 Å². The maximum absolute atomic E-state index is 15.3. The van der Waals surface area contributed by atoms with Crippen LogP contribution in [-0.2, 0) is 20.0 Å². The molecule has 1 aromatic heterocycles. The average molecular weight is 2020 g/mol. The minimum atomic E-state index is -10.8. The van der Waals surface area contributed by atoms with E-state index in [0.717, 1.165) is 0 Å². The lowest BCUT2D eigenvalue weighted by Crippen LogP contribution is -2.80. The molecule has 702 valence electrons. The van der Waals surface area contributed by atoms with Crippen LogP contribution in [0, 0.1) is 0 Å². The van der Waals surface area contributed by atoms with Gasteiger partial charge >= 0.3 is 209 Å². The Hall–Kier alpha value is -5.69. The van der Waals surface area contributed by atoms with Gasteiger partial charge in [0, 0.05) is 10.6 Å². The Morgan fingerprint density at radius 1 is 0.235 bits per heavy atom. The minimum Gasteiger partial charge on any atom is -0.261 e. The van der Waals surface area contributed by atoms with Crippen LogP contribution < -0.4 is 9.44 Å². The fourth-order valence-electron chi connectivity index (χ4n) is 7.45. The molecule has 7 nitrogen and oxygen atoms in total. The molecule has 0 saturated heterocycles. The van der Waals surface area contributed by atoms with Crippen molar-refractivity contribution < 1.29 is 307 Å². The van der Waals surface area contributed by atoms with Gasteiger partial charge in [0.1, 0.15) is 0 Å². The first-order valence-corrected chi connectivity index (χ1v) is 30.0. The lowest BCUT2D eigenvalue weighted by molar-refractivity contribution is -0.490. The zero-order chi connectivity index (χ0) is 97.4. The molecular weight excluding hydrogens is 2020 g/mol. The maximum atomic E-state index is 15.3. The van der Waals surface area contributed by atoms with Gasteiger partial charge in [-0.2, -0.15) is 307 Å². The van der Waals surface area contributed by atoms with E-state index >= 15 is 26.3 Å². The molecule has 0 aliphatic rings. The molecule has 1 aromatic carbocycles. The first kappa shape index (κ1) is 109. The van der Waals surface area contributed by atoms with Crippen LogP contribution in [0.2, 0.25) is 10.0 Å². The SMILES string of the molecule is O=S(=O)(Nc1nc(NS(=O)(=O)C(F)(F)C(F)(F)C(F)(F)C(F)(F)C(F)(F)C(F)(F)C(F)(F)C(F)(F)C(F)(F)C(F)(F)C(F)(F)C(F)(F)C(F)(F)C(F)(F)C(F)(F)C(F)(F)F)c(-c2ccc(Cl)cc2Cl)s1)C(F)(F)C(F)(F)C(F)(F)C(F)(F)C(F)(F)C(F)(F)C(F)(F)C(F)(F)C(F)(F)C(F)(F)C(F)(F)C(F)(F)C(F)(F)C(F)(F)C(F)(F)C(F)(F)F. The Morgan fingerprint density at radius 3 is 0.563 bits per heavy atom. The number of nitrogens with one attached hydrogen (secondary N) is 2. The van der Waals surface area contributed by atoms with Crippen molar-refractivity contribution in [3.8, 4) is 10.4 Å². The zero-order valence-electron chi connectivity index (χ0n) is 50.7. The molecule has 0 fully saturated rings. The minimum absolute atomic E-state index is 0.0267. The van der Waals surface area contributed by atoms with Crippen LogP contribution in [0.15, 0.2) is 18.2 Å². The first-order valence-electron chi connectivity index (χ1n) is 25.4. The number of rotatable bonds is 35. The van der Waals surface area contributed by atoms with Crippen molar-refractivity contribution in [2.75, 3.05) is 9.44 Å². The number of hydrogen-bond acceptors (Lipinski definition) is 6. The summed E-state index contributed by atoms with van der Waals surface area (Å²) in [6.07, 6.45) is -17.4. The van der Waals surface area contributed by atoms with Gasteiger partial charge in [-0.1, -0.05) is 40.6 Å². The molecule has 0 bridgehead atoms. The van der Waals surface area contributed by atoms with Crippen molar-refractivity contribution in [1.29, 1.82) is 0 Å². The fourth-order valence-corrected chi connectivity index (χ4v) is 11.2. The highest BCUT2D eigenvalue weighted by molar-refractivity contribution is 7.94. The van der Waals surface area contributed by atoms with Crippen LogP contribution in [0.5, 0.6) is 0 Å². The number of anilines is 2. The van der Waals surface area contributed by atoms with Gasteiger partial charge in [0.15, 0.2) is 10.9 Å². The van der Waals surface area contributed by atoms with E-state index in [0.29, 0.717) is 0 Å². The third-order valence-electron chi connectivity index (χ3n) is 14.6. The van der Waals surface area contributed by atoms with Crippen molar-refractivity contribution in [1.82, 2.24) is 4.98 Å². The molecule has 1 heterocycles. The second kappa shape index (κ2) is 27.9. The number of alkyl halides is 66. The van der Waals surface area contributed by atoms with Crippen molar-refractivity contribution in [2.45, 2.75) is 189 Å². The third-order valence-corrected chi connectivity index (χ3v) is 19.1. The predicted molar refractivity (Wildman–Crippen MR) is 243 cm³/mol. The summed E-state index contributed by atoms with van der Waals surface area (Å²) >= 11 is 8.83.